The smallest absolute Gasteiger partial charge is 0.408 e. The molecule has 158 valence electrons. The van der Waals surface area contributed by atoms with Crippen LogP contribution in [-0.2, 0) is 4.79 Å². The van der Waals surface area contributed by atoms with Crippen LogP contribution in [0, 0.1) is 0 Å². The number of nitrogens with zero attached hydrogens (tertiary/aromatic N) is 2. The fraction of sp³-hybridized carbons (Fsp3) is 0.130. The van der Waals surface area contributed by atoms with E-state index >= 15 is 0 Å². The molecule has 0 unspecified atom stereocenters. The van der Waals surface area contributed by atoms with E-state index < -0.39 is 18.6 Å². The first-order valence-corrected chi connectivity index (χ1v) is 9.49. The van der Waals surface area contributed by atoms with Crippen LogP contribution in [0.5, 0.6) is 11.5 Å². The van der Waals surface area contributed by atoms with E-state index in [9.17, 15) is 18.0 Å². The van der Waals surface area contributed by atoms with Gasteiger partial charge in [-0.2, -0.15) is 13.2 Å². The van der Waals surface area contributed by atoms with Crippen molar-refractivity contribution in [3.63, 3.8) is 0 Å². The van der Waals surface area contributed by atoms with Gasteiger partial charge in [-0.25, -0.2) is 5.01 Å². The van der Waals surface area contributed by atoms with Gasteiger partial charge in [0.05, 0.1) is 0 Å². The molecule has 31 heavy (non-hydrogen) atoms. The van der Waals surface area contributed by atoms with Crippen LogP contribution < -0.4 is 10.2 Å². The second kappa shape index (κ2) is 8.51. The van der Waals surface area contributed by atoms with E-state index in [0.29, 0.717) is 16.3 Å². The van der Waals surface area contributed by atoms with Crippen LogP contribution in [-0.4, -0.2) is 36.0 Å². The predicted molar refractivity (Wildman–Crippen MR) is 111 cm³/mol. The summed E-state index contributed by atoms with van der Waals surface area (Å²) >= 11 is 0. The zero-order valence-corrected chi connectivity index (χ0v) is 16.3. The summed E-state index contributed by atoms with van der Waals surface area (Å²) < 4.78 is 43.9. The van der Waals surface area contributed by atoms with Gasteiger partial charge in [0.15, 0.2) is 0 Å². The molecule has 3 aromatic rings. The summed E-state index contributed by atoms with van der Waals surface area (Å²) in [7, 11) is 0. The van der Waals surface area contributed by atoms with Gasteiger partial charge in [0.1, 0.15) is 30.4 Å². The Hall–Kier alpha value is -3.81. The Bertz CT molecular complexity index is 1100. The Balaban J connectivity index is 1.51. The molecule has 1 aliphatic rings. The number of halogens is 3. The van der Waals surface area contributed by atoms with Gasteiger partial charge >= 0.3 is 6.18 Å². The number of amidine groups is 1. The van der Waals surface area contributed by atoms with Crippen LogP contribution in [0.2, 0.25) is 0 Å². The maximum absolute atomic E-state index is 12.7. The monoisotopic (exact) mass is 425 g/mol. The summed E-state index contributed by atoms with van der Waals surface area (Å²) in [5.41, 5.74) is 4.83. The Morgan fingerprint density at radius 1 is 0.871 bits per heavy atom. The minimum atomic E-state index is -4.50. The van der Waals surface area contributed by atoms with Crippen LogP contribution in [0.15, 0.2) is 83.9 Å². The van der Waals surface area contributed by atoms with Crippen molar-refractivity contribution < 1.29 is 22.7 Å². The Kier molecular flexibility index (Phi) is 5.62. The minimum absolute atomic E-state index is 0.217. The Morgan fingerprint density at radius 3 is 2.26 bits per heavy atom. The van der Waals surface area contributed by atoms with Crippen molar-refractivity contribution in [1.82, 2.24) is 10.4 Å². The van der Waals surface area contributed by atoms with E-state index in [1.807, 2.05) is 60.7 Å². The SMILES string of the molecule is O=C1CN=C(c2cccc(-c3ccc(Oc4ccccc4)cc3)c2)NN1CC(F)(F)F. The number of aliphatic imine (C=N–C) groups is 1. The minimum Gasteiger partial charge on any atom is -0.457 e. The number of carbonyl (C=O) groups is 1. The lowest BCUT2D eigenvalue weighted by atomic mass is 10.0. The van der Waals surface area contributed by atoms with Crippen molar-refractivity contribution in [2.75, 3.05) is 13.1 Å². The number of nitrogens with one attached hydrogen (secondary N) is 1. The molecule has 0 radical (unpaired) electrons. The Morgan fingerprint density at radius 2 is 1.55 bits per heavy atom. The number of para-hydroxylation sites is 1. The molecular weight excluding hydrogens is 407 g/mol. The second-order valence-electron chi connectivity index (χ2n) is 6.89. The highest BCUT2D eigenvalue weighted by atomic mass is 19.4. The topological polar surface area (TPSA) is 53.9 Å². The molecule has 0 saturated carbocycles. The van der Waals surface area contributed by atoms with E-state index in [-0.39, 0.29) is 12.4 Å². The van der Waals surface area contributed by atoms with Crippen LogP contribution in [0.25, 0.3) is 11.1 Å². The molecule has 1 N–H and O–H groups in total. The highest BCUT2D eigenvalue weighted by Crippen LogP contribution is 2.26. The molecule has 0 aliphatic carbocycles. The largest absolute Gasteiger partial charge is 0.457 e. The van der Waals surface area contributed by atoms with Gasteiger partial charge in [-0.05, 0) is 41.5 Å². The first-order chi connectivity index (χ1) is 14.9. The summed E-state index contributed by atoms with van der Waals surface area (Å²) in [6.45, 7) is -1.72. The third-order valence-corrected chi connectivity index (χ3v) is 4.55. The van der Waals surface area contributed by atoms with Crippen molar-refractivity contribution >= 4 is 11.7 Å². The standard InChI is InChI=1S/C23H18F3N3O2/c24-23(25,26)15-29-21(30)14-27-22(28-29)18-6-4-5-17(13-18)16-9-11-20(12-10-16)31-19-7-2-1-3-8-19/h1-13H,14-15H2,(H,27,28). The summed E-state index contributed by atoms with van der Waals surface area (Å²) in [5.74, 6) is 0.906. The van der Waals surface area contributed by atoms with Gasteiger partial charge in [0.2, 0.25) is 0 Å². The van der Waals surface area contributed by atoms with Gasteiger partial charge < -0.3 is 4.74 Å². The van der Waals surface area contributed by atoms with Crippen LogP contribution in [0.1, 0.15) is 5.56 Å². The van der Waals surface area contributed by atoms with Crippen molar-refractivity contribution in [3.8, 4) is 22.6 Å². The quantitative estimate of drug-likeness (QED) is 0.639. The predicted octanol–water partition coefficient (Wildman–Crippen LogP) is 4.80. The maximum Gasteiger partial charge on any atom is 0.408 e. The maximum atomic E-state index is 12.7. The van der Waals surface area contributed by atoms with Crippen molar-refractivity contribution in [1.29, 1.82) is 0 Å². The molecule has 0 aromatic heterocycles. The number of ether oxygens (including phenoxy) is 1. The summed E-state index contributed by atoms with van der Waals surface area (Å²) in [6, 6.07) is 24.1. The molecule has 1 aliphatic heterocycles. The second-order valence-corrected chi connectivity index (χ2v) is 6.89. The number of amides is 1. The number of hydrogen-bond acceptors (Lipinski definition) is 4. The summed E-state index contributed by atoms with van der Waals surface area (Å²) in [4.78, 5) is 15.8. The summed E-state index contributed by atoms with van der Waals surface area (Å²) in [5, 5.41) is 0.546. The molecular formula is C23H18F3N3O2. The third kappa shape index (κ3) is 5.22. The molecule has 0 atom stereocenters. The molecule has 0 spiro atoms. The van der Waals surface area contributed by atoms with Crippen LogP contribution in [0.4, 0.5) is 13.2 Å². The summed E-state index contributed by atoms with van der Waals surface area (Å²) in [6.07, 6.45) is -4.50. The first kappa shape index (κ1) is 20.5. The van der Waals surface area contributed by atoms with Gasteiger partial charge in [0, 0.05) is 5.56 Å². The number of benzene rings is 3. The molecule has 4 rings (SSSR count). The Labute approximate surface area is 176 Å². The average Bonchev–Trinajstić information content (AvgIpc) is 2.76. The van der Waals surface area contributed by atoms with Gasteiger partial charge in [0.25, 0.3) is 5.91 Å². The van der Waals surface area contributed by atoms with Crippen molar-refractivity contribution in [2.45, 2.75) is 6.18 Å². The fourth-order valence-corrected chi connectivity index (χ4v) is 3.11. The van der Waals surface area contributed by atoms with Crippen LogP contribution in [0.3, 0.4) is 0 Å². The van der Waals surface area contributed by atoms with Gasteiger partial charge in [-0.1, -0.05) is 48.5 Å². The number of hydrogen-bond donors (Lipinski definition) is 1. The highest BCUT2D eigenvalue weighted by Gasteiger charge is 2.35. The normalized spacial score (nSPS) is 14.1. The van der Waals surface area contributed by atoms with E-state index in [1.165, 1.54) is 0 Å². The van der Waals surface area contributed by atoms with Crippen molar-refractivity contribution in [2.24, 2.45) is 4.99 Å². The first-order valence-electron chi connectivity index (χ1n) is 9.49. The molecule has 8 heteroatoms. The van der Waals surface area contributed by atoms with Crippen LogP contribution >= 0.6 is 0 Å². The van der Waals surface area contributed by atoms with E-state index in [1.54, 1.807) is 18.2 Å². The van der Waals surface area contributed by atoms with Crippen molar-refractivity contribution in [3.05, 3.63) is 84.4 Å². The zero-order chi connectivity index (χ0) is 21.8. The number of hydrazine groups is 1. The zero-order valence-electron chi connectivity index (χ0n) is 16.3. The lowest BCUT2D eigenvalue weighted by Gasteiger charge is -2.29. The number of carbonyl (C=O) groups excluding carboxylic acids is 1. The molecule has 5 nitrogen and oxygen atoms in total. The van der Waals surface area contributed by atoms with E-state index in [4.69, 9.17) is 4.74 Å². The van der Waals surface area contributed by atoms with E-state index in [2.05, 4.69) is 10.4 Å². The average molecular weight is 425 g/mol. The molecule has 1 amide bonds. The van der Waals surface area contributed by atoms with Gasteiger partial charge in [-0.15, -0.1) is 0 Å². The molecule has 3 aromatic carbocycles. The molecule has 0 bridgehead atoms. The van der Waals surface area contributed by atoms with Gasteiger partial charge in [-0.3, -0.25) is 15.2 Å². The molecule has 1 heterocycles. The number of rotatable bonds is 5. The molecule has 0 saturated heterocycles. The fourth-order valence-electron chi connectivity index (χ4n) is 3.11. The third-order valence-electron chi connectivity index (χ3n) is 4.55. The lowest BCUT2D eigenvalue weighted by molar-refractivity contribution is -0.164. The lowest BCUT2D eigenvalue weighted by Crippen LogP contribution is -2.54. The number of alkyl halides is 3. The van der Waals surface area contributed by atoms with E-state index in [0.717, 1.165) is 16.9 Å². The highest BCUT2D eigenvalue weighted by molar-refractivity contribution is 6.03. The molecule has 0 fully saturated rings.